The van der Waals surface area contributed by atoms with Gasteiger partial charge in [0.25, 0.3) is 15.9 Å². The zero-order chi connectivity index (χ0) is 16.5. The molecule has 1 N–H and O–H groups in total. The number of aromatic nitrogens is 1. The molecule has 1 aliphatic rings. The summed E-state index contributed by atoms with van der Waals surface area (Å²) in [6.07, 6.45) is 2.25. The predicted octanol–water partition coefficient (Wildman–Crippen LogP) is 0.154. The summed E-state index contributed by atoms with van der Waals surface area (Å²) in [7, 11) is 1.76. The maximum Gasteiger partial charge on any atom is 0.257 e. The van der Waals surface area contributed by atoms with Crippen LogP contribution in [0.4, 0.5) is 0 Å². The van der Waals surface area contributed by atoms with Crippen LogP contribution in [0.2, 0.25) is 0 Å². The number of amides is 1. The Balaban J connectivity index is 2.18. The van der Waals surface area contributed by atoms with E-state index in [1.54, 1.807) is 0 Å². The lowest BCUT2D eigenvalue weighted by atomic mass is 10.1. The molecule has 1 aromatic heterocycles. The van der Waals surface area contributed by atoms with Gasteiger partial charge in [0.05, 0.1) is 5.56 Å². The van der Waals surface area contributed by atoms with E-state index in [1.165, 1.54) is 25.4 Å². The molecule has 1 amide bonds. The Kier molecular flexibility index (Phi) is 4.84. The van der Waals surface area contributed by atoms with Gasteiger partial charge in [-0.3, -0.25) is 4.79 Å². The van der Waals surface area contributed by atoms with Crippen molar-refractivity contribution in [2.24, 2.45) is 0 Å². The lowest BCUT2D eigenvalue weighted by Crippen LogP contribution is -2.42. The fourth-order valence-electron chi connectivity index (χ4n) is 2.84. The highest BCUT2D eigenvalue weighted by Gasteiger charge is 2.35. The van der Waals surface area contributed by atoms with Gasteiger partial charge in [-0.15, -0.1) is 0 Å². The van der Waals surface area contributed by atoms with Gasteiger partial charge in [0.2, 0.25) is 0 Å². The Morgan fingerprint density at radius 1 is 1.41 bits per heavy atom. The van der Waals surface area contributed by atoms with Crippen molar-refractivity contribution in [1.29, 1.82) is 0 Å². The Hall–Kier alpha value is -1.51. The van der Waals surface area contributed by atoms with Crippen LogP contribution in [0.1, 0.15) is 23.7 Å². The van der Waals surface area contributed by atoms with Gasteiger partial charge in [-0.05, 0) is 46.6 Å². The van der Waals surface area contributed by atoms with Gasteiger partial charge in [0.1, 0.15) is 0 Å². The second kappa shape index (κ2) is 6.31. The van der Waals surface area contributed by atoms with E-state index < -0.39 is 10.0 Å². The lowest BCUT2D eigenvalue weighted by Gasteiger charge is -2.28. The standard InChI is InChI=1S/C14H22N4O3S/c1-10-12(17(3)4)7-8-18(10)14(19)11-5-6-13(16-9-11)22(20,21)15-2/h5-6,9-10,12,15H,7-8H2,1-4H3. The minimum atomic E-state index is -3.58. The van der Waals surface area contributed by atoms with E-state index in [-0.39, 0.29) is 17.0 Å². The van der Waals surface area contributed by atoms with Crippen LogP contribution in [0.25, 0.3) is 0 Å². The van der Waals surface area contributed by atoms with E-state index in [1.807, 2.05) is 25.9 Å². The molecule has 1 aliphatic heterocycles. The number of carbonyl (C=O) groups is 1. The number of likely N-dealkylation sites (tertiary alicyclic amines) is 1. The Labute approximate surface area is 131 Å². The van der Waals surface area contributed by atoms with Crippen molar-refractivity contribution in [3.63, 3.8) is 0 Å². The Morgan fingerprint density at radius 3 is 2.55 bits per heavy atom. The maximum absolute atomic E-state index is 12.6. The highest BCUT2D eigenvalue weighted by molar-refractivity contribution is 7.89. The van der Waals surface area contributed by atoms with Crippen LogP contribution >= 0.6 is 0 Å². The molecule has 0 aromatic carbocycles. The van der Waals surface area contributed by atoms with Gasteiger partial charge in [0.15, 0.2) is 5.03 Å². The number of pyridine rings is 1. The number of sulfonamides is 1. The van der Waals surface area contributed by atoms with Gasteiger partial charge in [0, 0.05) is 24.8 Å². The first-order valence-electron chi connectivity index (χ1n) is 7.15. The highest BCUT2D eigenvalue weighted by atomic mass is 32.2. The van der Waals surface area contributed by atoms with E-state index in [0.29, 0.717) is 18.2 Å². The molecule has 2 unspecified atom stereocenters. The Morgan fingerprint density at radius 2 is 2.09 bits per heavy atom. The first-order chi connectivity index (χ1) is 10.3. The number of nitrogens with zero attached hydrogens (tertiary/aromatic N) is 3. The third-order valence-corrected chi connectivity index (χ3v) is 5.50. The smallest absolute Gasteiger partial charge is 0.257 e. The number of hydrogen-bond acceptors (Lipinski definition) is 5. The normalized spacial score (nSPS) is 22.3. The molecule has 0 spiro atoms. The average Bonchev–Trinajstić information content (AvgIpc) is 2.88. The largest absolute Gasteiger partial charge is 0.334 e. The van der Waals surface area contributed by atoms with Crippen molar-refractivity contribution in [3.05, 3.63) is 23.9 Å². The van der Waals surface area contributed by atoms with Crippen LogP contribution in [-0.2, 0) is 10.0 Å². The van der Waals surface area contributed by atoms with Gasteiger partial charge in [-0.25, -0.2) is 18.1 Å². The highest BCUT2D eigenvalue weighted by Crippen LogP contribution is 2.23. The second-order valence-corrected chi connectivity index (χ2v) is 7.48. The fourth-order valence-corrected chi connectivity index (χ4v) is 3.48. The molecule has 7 nitrogen and oxygen atoms in total. The van der Waals surface area contributed by atoms with Crippen LogP contribution in [0, 0.1) is 0 Å². The summed E-state index contributed by atoms with van der Waals surface area (Å²) in [5, 5.41) is -0.0906. The zero-order valence-corrected chi connectivity index (χ0v) is 14.1. The zero-order valence-electron chi connectivity index (χ0n) is 13.3. The van der Waals surface area contributed by atoms with Gasteiger partial charge in [-0.2, -0.15) is 0 Å². The summed E-state index contributed by atoms with van der Waals surface area (Å²) < 4.78 is 25.5. The van der Waals surface area contributed by atoms with E-state index in [0.717, 1.165) is 6.42 Å². The summed E-state index contributed by atoms with van der Waals surface area (Å²) >= 11 is 0. The van der Waals surface area contributed by atoms with Crippen LogP contribution in [-0.4, -0.2) is 68.9 Å². The third-order valence-electron chi connectivity index (χ3n) is 4.17. The topological polar surface area (TPSA) is 82.6 Å². The molecule has 0 bridgehead atoms. The summed E-state index contributed by atoms with van der Waals surface area (Å²) in [5.74, 6) is -0.113. The molecule has 2 heterocycles. The molecular weight excluding hydrogens is 304 g/mol. The van der Waals surface area contributed by atoms with Crippen LogP contribution in [0.3, 0.4) is 0 Å². The van der Waals surface area contributed by atoms with E-state index in [4.69, 9.17) is 0 Å². The second-order valence-electron chi connectivity index (χ2n) is 5.65. The van der Waals surface area contributed by atoms with E-state index in [2.05, 4.69) is 14.6 Å². The molecule has 2 rings (SSSR count). The summed E-state index contributed by atoms with van der Waals surface area (Å²) in [5.41, 5.74) is 0.404. The number of nitrogens with one attached hydrogen (secondary N) is 1. The van der Waals surface area contributed by atoms with Crippen molar-refractivity contribution in [2.45, 2.75) is 30.5 Å². The molecule has 122 valence electrons. The van der Waals surface area contributed by atoms with Crippen molar-refractivity contribution in [1.82, 2.24) is 19.5 Å². The Bertz CT molecular complexity index is 643. The molecule has 0 saturated carbocycles. The third kappa shape index (κ3) is 3.13. The number of hydrogen-bond donors (Lipinski definition) is 1. The minimum absolute atomic E-state index is 0.0906. The van der Waals surface area contributed by atoms with E-state index >= 15 is 0 Å². The average molecular weight is 326 g/mol. The molecule has 22 heavy (non-hydrogen) atoms. The first-order valence-corrected chi connectivity index (χ1v) is 8.63. The van der Waals surface area contributed by atoms with Crippen molar-refractivity contribution < 1.29 is 13.2 Å². The minimum Gasteiger partial charge on any atom is -0.334 e. The quantitative estimate of drug-likeness (QED) is 0.852. The molecular formula is C14H22N4O3S. The fraction of sp³-hybridized carbons (Fsp3) is 0.571. The van der Waals surface area contributed by atoms with Crippen molar-refractivity contribution in [3.8, 4) is 0 Å². The summed E-state index contributed by atoms with van der Waals surface area (Å²) in [6, 6.07) is 3.31. The summed E-state index contributed by atoms with van der Waals surface area (Å²) in [4.78, 5) is 20.4. The molecule has 2 atom stereocenters. The van der Waals surface area contributed by atoms with Crippen molar-refractivity contribution in [2.75, 3.05) is 27.7 Å². The number of rotatable bonds is 4. The van der Waals surface area contributed by atoms with Gasteiger partial charge < -0.3 is 9.80 Å². The van der Waals surface area contributed by atoms with Crippen LogP contribution in [0.15, 0.2) is 23.4 Å². The molecule has 8 heteroatoms. The molecule has 1 saturated heterocycles. The van der Waals surface area contributed by atoms with Crippen molar-refractivity contribution >= 4 is 15.9 Å². The first kappa shape index (κ1) is 16.9. The van der Waals surface area contributed by atoms with Crippen LogP contribution < -0.4 is 4.72 Å². The van der Waals surface area contributed by atoms with Gasteiger partial charge >= 0.3 is 0 Å². The molecule has 1 aromatic rings. The maximum atomic E-state index is 12.6. The van der Waals surface area contributed by atoms with Gasteiger partial charge in [-0.1, -0.05) is 0 Å². The number of likely N-dealkylation sites (N-methyl/N-ethyl adjacent to an activating group) is 1. The summed E-state index contributed by atoms with van der Waals surface area (Å²) in [6.45, 7) is 2.72. The SMILES string of the molecule is CNS(=O)(=O)c1ccc(C(=O)N2CCC(N(C)C)C2C)cn1. The lowest BCUT2D eigenvalue weighted by molar-refractivity contribution is 0.0720. The number of carbonyl (C=O) groups excluding carboxylic acids is 1. The monoisotopic (exact) mass is 326 g/mol. The predicted molar refractivity (Wildman–Crippen MR) is 83.1 cm³/mol. The van der Waals surface area contributed by atoms with Crippen LogP contribution in [0.5, 0.6) is 0 Å². The van der Waals surface area contributed by atoms with E-state index in [9.17, 15) is 13.2 Å². The molecule has 0 radical (unpaired) electrons. The molecule has 0 aliphatic carbocycles. The molecule has 1 fully saturated rings.